The molecule has 2 N–H and O–H groups in total. The van der Waals surface area contributed by atoms with Gasteiger partial charge in [0.1, 0.15) is 5.82 Å². The summed E-state index contributed by atoms with van der Waals surface area (Å²) < 4.78 is 0. The Bertz CT molecular complexity index is 479. The van der Waals surface area contributed by atoms with Gasteiger partial charge in [-0.05, 0) is 30.5 Å². The van der Waals surface area contributed by atoms with Crippen LogP contribution in [0.5, 0.6) is 0 Å². The normalized spacial score (nSPS) is 9.94. The first-order valence-electron chi connectivity index (χ1n) is 5.34. The van der Waals surface area contributed by atoms with Gasteiger partial charge in [0.25, 0.3) is 5.91 Å². The Kier molecular flexibility index (Phi) is 3.72. The number of thiophene rings is 1. The van der Waals surface area contributed by atoms with E-state index in [0.29, 0.717) is 10.6 Å². The van der Waals surface area contributed by atoms with Crippen LogP contribution in [0.15, 0.2) is 35.8 Å². The van der Waals surface area contributed by atoms with E-state index in [1.54, 1.807) is 12.3 Å². The van der Waals surface area contributed by atoms with E-state index in [-0.39, 0.29) is 5.91 Å². The fourth-order valence-electron chi connectivity index (χ4n) is 1.35. The predicted molar refractivity (Wildman–Crippen MR) is 70.7 cm³/mol. The molecule has 0 spiro atoms. The number of anilines is 2. The number of carbonyl (C=O) groups excluding carboxylic acids is 1. The van der Waals surface area contributed by atoms with Gasteiger partial charge in [-0.3, -0.25) is 4.79 Å². The molecule has 0 aliphatic carbocycles. The van der Waals surface area contributed by atoms with Gasteiger partial charge < -0.3 is 10.6 Å². The second kappa shape index (κ2) is 5.45. The number of rotatable bonds is 4. The average molecular weight is 247 g/mol. The zero-order valence-corrected chi connectivity index (χ0v) is 10.3. The van der Waals surface area contributed by atoms with Crippen molar-refractivity contribution >= 4 is 28.7 Å². The van der Waals surface area contributed by atoms with Gasteiger partial charge in [0.05, 0.1) is 16.8 Å². The van der Waals surface area contributed by atoms with Crippen molar-refractivity contribution in [1.82, 2.24) is 4.98 Å². The molecule has 0 aromatic carbocycles. The summed E-state index contributed by atoms with van der Waals surface area (Å²) in [6.45, 7) is 2.84. The van der Waals surface area contributed by atoms with E-state index in [0.717, 1.165) is 12.4 Å². The van der Waals surface area contributed by atoms with Gasteiger partial charge in [0.2, 0.25) is 0 Å². The molecule has 4 nitrogen and oxygen atoms in total. The Morgan fingerprint density at radius 2 is 2.29 bits per heavy atom. The molecule has 0 unspecified atom stereocenters. The van der Waals surface area contributed by atoms with Crippen molar-refractivity contribution in [3.05, 3.63) is 40.7 Å². The Morgan fingerprint density at radius 3 is 2.88 bits per heavy atom. The molecule has 0 atom stereocenters. The maximum absolute atomic E-state index is 11.7. The lowest BCUT2D eigenvalue weighted by molar-refractivity contribution is 0.103. The third-order valence-corrected chi connectivity index (χ3v) is 2.99. The molecule has 2 aromatic rings. The summed E-state index contributed by atoms with van der Waals surface area (Å²) in [7, 11) is 0. The van der Waals surface area contributed by atoms with E-state index in [4.69, 9.17) is 0 Å². The van der Waals surface area contributed by atoms with Crippen LogP contribution in [0.2, 0.25) is 0 Å². The Hall–Kier alpha value is -1.88. The summed E-state index contributed by atoms with van der Waals surface area (Å²) in [5.74, 6) is 0.708. The van der Waals surface area contributed by atoms with Gasteiger partial charge in [-0.25, -0.2) is 4.98 Å². The largest absolute Gasteiger partial charge is 0.370 e. The van der Waals surface area contributed by atoms with Gasteiger partial charge in [-0.1, -0.05) is 6.07 Å². The van der Waals surface area contributed by atoms with Crippen LogP contribution < -0.4 is 10.6 Å². The van der Waals surface area contributed by atoms with Crippen molar-refractivity contribution in [3.8, 4) is 0 Å². The molecule has 2 heterocycles. The first-order chi connectivity index (χ1) is 8.29. The van der Waals surface area contributed by atoms with Crippen molar-refractivity contribution in [3.63, 3.8) is 0 Å². The fourth-order valence-corrected chi connectivity index (χ4v) is 1.97. The van der Waals surface area contributed by atoms with E-state index in [1.807, 2.05) is 30.5 Å². The average Bonchev–Trinajstić information content (AvgIpc) is 2.86. The predicted octanol–water partition coefficient (Wildman–Crippen LogP) is 2.83. The Labute approximate surface area is 104 Å². The van der Waals surface area contributed by atoms with Gasteiger partial charge in [0, 0.05) is 6.54 Å². The molecule has 0 bridgehead atoms. The second-order valence-electron chi connectivity index (χ2n) is 3.39. The summed E-state index contributed by atoms with van der Waals surface area (Å²) >= 11 is 1.42. The maximum Gasteiger partial charge on any atom is 0.265 e. The number of carbonyl (C=O) groups is 1. The highest BCUT2D eigenvalue weighted by Gasteiger charge is 2.06. The highest BCUT2D eigenvalue weighted by molar-refractivity contribution is 7.12. The summed E-state index contributed by atoms with van der Waals surface area (Å²) in [6, 6.07) is 7.32. The molecule has 0 radical (unpaired) electrons. The van der Waals surface area contributed by atoms with Crippen LogP contribution in [0.3, 0.4) is 0 Å². The van der Waals surface area contributed by atoms with Gasteiger partial charge >= 0.3 is 0 Å². The van der Waals surface area contributed by atoms with E-state index < -0.39 is 0 Å². The summed E-state index contributed by atoms with van der Waals surface area (Å²) in [5, 5.41) is 7.77. The molecule has 0 fully saturated rings. The number of amides is 1. The third-order valence-electron chi connectivity index (χ3n) is 2.12. The molecular weight excluding hydrogens is 234 g/mol. The van der Waals surface area contributed by atoms with Crippen molar-refractivity contribution < 1.29 is 4.79 Å². The molecule has 0 saturated carbocycles. The molecule has 2 rings (SSSR count). The number of pyridine rings is 1. The van der Waals surface area contributed by atoms with Crippen LogP contribution in [-0.2, 0) is 0 Å². The van der Waals surface area contributed by atoms with Crippen molar-refractivity contribution in [1.29, 1.82) is 0 Å². The molecule has 88 valence electrons. The topological polar surface area (TPSA) is 54.0 Å². The Morgan fingerprint density at radius 1 is 1.41 bits per heavy atom. The molecule has 0 aliphatic heterocycles. The van der Waals surface area contributed by atoms with Crippen LogP contribution in [0.25, 0.3) is 0 Å². The quantitative estimate of drug-likeness (QED) is 0.873. The van der Waals surface area contributed by atoms with Crippen LogP contribution in [0, 0.1) is 0 Å². The van der Waals surface area contributed by atoms with Crippen molar-refractivity contribution in [2.75, 3.05) is 17.2 Å². The number of nitrogens with one attached hydrogen (secondary N) is 2. The van der Waals surface area contributed by atoms with E-state index in [9.17, 15) is 4.79 Å². The summed E-state index contributed by atoms with van der Waals surface area (Å²) in [4.78, 5) is 16.6. The fraction of sp³-hybridized carbons (Fsp3) is 0.167. The van der Waals surface area contributed by atoms with Crippen LogP contribution in [0.1, 0.15) is 16.6 Å². The molecule has 5 heteroatoms. The second-order valence-corrected chi connectivity index (χ2v) is 4.34. The van der Waals surface area contributed by atoms with Crippen molar-refractivity contribution in [2.24, 2.45) is 0 Å². The molecular formula is C12H13N3OS. The minimum atomic E-state index is -0.0991. The molecule has 17 heavy (non-hydrogen) atoms. The highest BCUT2D eigenvalue weighted by Crippen LogP contribution is 2.13. The van der Waals surface area contributed by atoms with Gasteiger partial charge in [0.15, 0.2) is 0 Å². The number of hydrogen-bond donors (Lipinski definition) is 2. The Balaban J connectivity index is 2.01. The minimum Gasteiger partial charge on any atom is -0.370 e. The minimum absolute atomic E-state index is 0.0991. The first kappa shape index (κ1) is 11.6. The highest BCUT2D eigenvalue weighted by atomic mass is 32.1. The lowest BCUT2D eigenvalue weighted by Crippen LogP contribution is -2.10. The third kappa shape index (κ3) is 3.04. The zero-order chi connectivity index (χ0) is 12.1. The van der Waals surface area contributed by atoms with Gasteiger partial charge in [-0.2, -0.15) is 0 Å². The van der Waals surface area contributed by atoms with Crippen molar-refractivity contribution in [2.45, 2.75) is 6.92 Å². The lowest BCUT2D eigenvalue weighted by atomic mass is 10.3. The van der Waals surface area contributed by atoms with Crippen LogP contribution in [0.4, 0.5) is 11.5 Å². The van der Waals surface area contributed by atoms with Gasteiger partial charge in [-0.15, -0.1) is 11.3 Å². The number of nitrogens with zero attached hydrogens (tertiary/aromatic N) is 1. The first-order valence-corrected chi connectivity index (χ1v) is 6.22. The summed E-state index contributed by atoms with van der Waals surface area (Å²) in [5.41, 5.74) is 0.699. The SMILES string of the molecule is CCNc1ccc(NC(=O)c2cccs2)cn1. The smallest absolute Gasteiger partial charge is 0.265 e. The molecule has 0 saturated heterocycles. The van der Waals surface area contributed by atoms with E-state index in [1.165, 1.54) is 11.3 Å². The van der Waals surface area contributed by atoms with Crippen LogP contribution in [-0.4, -0.2) is 17.4 Å². The van der Waals surface area contributed by atoms with E-state index in [2.05, 4.69) is 15.6 Å². The standard InChI is InChI=1S/C12H13N3OS/c1-2-13-11-6-5-9(8-14-11)15-12(16)10-4-3-7-17-10/h3-8H,2H2,1H3,(H,13,14)(H,15,16). The molecule has 0 aliphatic rings. The number of hydrogen-bond acceptors (Lipinski definition) is 4. The molecule has 2 aromatic heterocycles. The van der Waals surface area contributed by atoms with Crippen LogP contribution >= 0.6 is 11.3 Å². The maximum atomic E-state index is 11.7. The monoisotopic (exact) mass is 247 g/mol. The lowest BCUT2D eigenvalue weighted by Gasteiger charge is -2.05. The zero-order valence-electron chi connectivity index (χ0n) is 9.43. The van der Waals surface area contributed by atoms with E-state index >= 15 is 0 Å². The summed E-state index contributed by atoms with van der Waals surface area (Å²) in [6.07, 6.45) is 1.64. The number of aromatic nitrogens is 1. The molecule has 1 amide bonds.